The molecule has 1 aromatic carbocycles. The van der Waals surface area contributed by atoms with Crippen molar-refractivity contribution in [3.8, 4) is 0 Å². The summed E-state index contributed by atoms with van der Waals surface area (Å²) in [7, 11) is 0. The Hall–Kier alpha value is -2.67. The van der Waals surface area contributed by atoms with Crippen molar-refractivity contribution in [3.05, 3.63) is 63.5 Å². The van der Waals surface area contributed by atoms with Crippen molar-refractivity contribution in [2.45, 2.75) is 13.8 Å². The molecular formula is C17H14BrN3O3. The van der Waals surface area contributed by atoms with Crippen LogP contribution >= 0.6 is 15.9 Å². The van der Waals surface area contributed by atoms with E-state index < -0.39 is 11.9 Å². The summed E-state index contributed by atoms with van der Waals surface area (Å²) in [6, 6.07) is 8.20. The first kappa shape index (κ1) is 16.2. The number of aromatic carboxylic acids is 1. The number of benzene rings is 1. The number of carbonyl (C=O) groups is 2. The molecule has 0 atom stereocenters. The number of imidazole rings is 1. The van der Waals surface area contributed by atoms with Crippen LogP contribution in [0.2, 0.25) is 0 Å². The summed E-state index contributed by atoms with van der Waals surface area (Å²) < 4.78 is 2.49. The number of nitrogens with one attached hydrogen (secondary N) is 1. The van der Waals surface area contributed by atoms with Gasteiger partial charge in [0.25, 0.3) is 5.91 Å². The SMILES string of the molecule is Cc1cc(Br)c2nc(C)c(C(=O)Nc3ccccc3C(=O)O)n2c1. The Bertz CT molecular complexity index is 979. The zero-order valence-corrected chi connectivity index (χ0v) is 14.6. The zero-order valence-electron chi connectivity index (χ0n) is 13.0. The number of aryl methyl sites for hydroxylation is 2. The predicted octanol–water partition coefficient (Wildman–Crippen LogP) is 3.66. The monoisotopic (exact) mass is 387 g/mol. The lowest BCUT2D eigenvalue weighted by atomic mass is 10.1. The summed E-state index contributed by atoms with van der Waals surface area (Å²) in [4.78, 5) is 28.4. The average molecular weight is 388 g/mol. The van der Waals surface area contributed by atoms with Crippen LogP contribution in [0, 0.1) is 13.8 Å². The normalized spacial score (nSPS) is 10.8. The van der Waals surface area contributed by atoms with Crippen molar-refractivity contribution >= 4 is 39.1 Å². The van der Waals surface area contributed by atoms with Gasteiger partial charge in [-0.1, -0.05) is 12.1 Å². The van der Waals surface area contributed by atoms with Crippen LogP contribution in [0.5, 0.6) is 0 Å². The molecule has 2 aromatic heterocycles. The maximum absolute atomic E-state index is 12.7. The molecule has 6 nitrogen and oxygen atoms in total. The van der Waals surface area contributed by atoms with E-state index in [-0.39, 0.29) is 11.3 Å². The van der Waals surface area contributed by atoms with Gasteiger partial charge in [0.15, 0.2) is 5.65 Å². The van der Waals surface area contributed by atoms with Gasteiger partial charge in [-0.15, -0.1) is 0 Å². The van der Waals surface area contributed by atoms with Crippen molar-refractivity contribution in [1.29, 1.82) is 0 Å². The summed E-state index contributed by atoms with van der Waals surface area (Å²) in [6.07, 6.45) is 1.82. The molecule has 2 N–H and O–H groups in total. The van der Waals surface area contributed by atoms with Gasteiger partial charge in [-0.3, -0.25) is 9.20 Å². The standard InChI is InChI=1S/C17H14BrN3O3/c1-9-7-12(18)15-19-10(2)14(21(15)8-9)16(22)20-13-6-4-3-5-11(13)17(23)24/h3-8H,1-2H3,(H,20,22)(H,23,24). The van der Waals surface area contributed by atoms with Crippen molar-refractivity contribution in [2.24, 2.45) is 0 Å². The third-order valence-corrected chi connectivity index (χ3v) is 4.19. The number of aromatic nitrogens is 2. The van der Waals surface area contributed by atoms with Crippen LogP contribution in [0.1, 0.15) is 32.1 Å². The first-order valence-corrected chi connectivity index (χ1v) is 7.96. The fourth-order valence-corrected chi connectivity index (χ4v) is 3.22. The number of hydrogen-bond acceptors (Lipinski definition) is 3. The number of carboxylic acid groups (broad SMARTS) is 1. The van der Waals surface area contributed by atoms with Crippen LogP contribution in [0.15, 0.2) is 41.0 Å². The fraction of sp³-hybridized carbons (Fsp3) is 0.118. The molecule has 0 aliphatic heterocycles. The molecule has 0 unspecified atom stereocenters. The second-order valence-electron chi connectivity index (χ2n) is 5.41. The van der Waals surface area contributed by atoms with Gasteiger partial charge < -0.3 is 10.4 Å². The molecule has 0 spiro atoms. The highest BCUT2D eigenvalue weighted by Gasteiger charge is 2.20. The van der Waals surface area contributed by atoms with Crippen LogP contribution in [0.3, 0.4) is 0 Å². The van der Waals surface area contributed by atoms with E-state index in [2.05, 4.69) is 26.2 Å². The predicted molar refractivity (Wildman–Crippen MR) is 93.7 cm³/mol. The zero-order chi connectivity index (χ0) is 17.4. The summed E-state index contributed by atoms with van der Waals surface area (Å²) in [5.41, 5.74) is 2.81. The maximum atomic E-state index is 12.7. The summed E-state index contributed by atoms with van der Waals surface area (Å²) in [5.74, 6) is -1.51. The highest BCUT2D eigenvalue weighted by molar-refractivity contribution is 9.10. The van der Waals surface area contributed by atoms with Gasteiger partial charge in [0.05, 0.1) is 21.4 Å². The lowest BCUT2D eigenvalue weighted by Crippen LogP contribution is -2.17. The number of carbonyl (C=O) groups excluding carboxylic acids is 1. The van der Waals surface area contributed by atoms with E-state index in [9.17, 15) is 14.7 Å². The number of hydrogen-bond donors (Lipinski definition) is 2. The number of nitrogens with zero attached hydrogens (tertiary/aromatic N) is 2. The molecule has 0 fully saturated rings. The van der Waals surface area contributed by atoms with Crippen molar-refractivity contribution in [3.63, 3.8) is 0 Å². The van der Waals surface area contributed by atoms with Gasteiger partial charge in [0.2, 0.25) is 0 Å². The number of fused-ring (bicyclic) bond motifs is 1. The number of halogens is 1. The molecule has 7 heteroatoms. The van der Waals surface area contributed by atoms with Crippen molar-refractivity contribution in [2.75, 3.05) is 5.32 Å². The summed E-state index contributed by atoms with van der Waals surface area (Å²) in [5, 5.41) is 11.9. The van der Waals surface area contributed by atoms with Crippen LogP contribution < -0.4 is 5.32 Å². The Morgan fingerprint density at radius 3 is 2.67 bits per heavy atom. The molecule has 1 amide bonds. The molecule has 0 aliphatic rings. The minimum absolute atomic E-state index is 0.0367. The average Bonchev–Trinajstić information content (AvgIpc) is 2.84. The largest absolute Gasteiger partial charge is 0.478 e. The van der Waals surface area contributed by atoms with Crippen LogP contribution in [-0.4, -0.2) is 26.4 Å². The molecule has 3 aromatic rings. The second-order valence-corrected chi connectivity index (χ2v) is 6.26. The third kappa shape index (κ3) is 2.78. The third-order valence-electron chi connectivity index (χ3n) is 3.61. The number of anilines is 1. The molecule has 0 bridgehead atoms. The van der Waals surface area contributed by atoms with Gasteiger partial charge in [0.1, 0.15) is 5.69 Å². The van der Waals surface area contributed by atoms with E-state index >= 15 is 0 Å². The van der Waals surface area contributed by atoms with E-state index in [0.29, 0.717) is 17.0 Å². The van der Waals surface area contributed by atoms with Gasteiger partial charge in [-0.2, -0.15) is 0 Å². The minimum Gasteiger partial charge on any atom is -0.478 e. The number of para-hydroxylation sites is 1. The molecule has 0 saturated carbocycles. The second kappa shape index (κ2) is 6.09. The Balaban J connectivity index is 2.07. The Kier molecular flexibility index (Phi) is 4.11. The van der Waals surface area contributed by atoms with Gasteiger partial charge in [-0.25, -0.2) is 9.78 Å². The minimum atomic E-state index is -1.10. The highest BCUT2D eigenvalue weighted by Crippen LogP contribution is 2.23. The van der Waals surface area contributed by atoms with E-state index in [1.54, 1.807) is 29.5 Å². The highest BCUT2D eigenvalue weighted by atomic mass is 79.9. The molecule has 2 heterocycles. The number of pyridine rings is 1. The lowest BCUT2D eigenvalue weighted by Gasteiger charge is -2.09. The quantitative estimate of drug-likeness (QED) is 0.717. The number of rotatable bonds is 3. The fourth-order valence-electron chi connectivity index (χ4n) is 2.58. The molecule has 24 heavy (non-hydrogen) atoms. The molecular weight excluding hydrogens is 374 g/mol. The van der Waals surface area contributed by atoms with Crippen LogP contribution in [0.4, 0.5) is 5.69 Å². The Morgan fingerprint density at radius 1 is 1.25 bits per heavy atom. The van der Waals surface area contributed by atoms with E-state index in [0.717, 1.165) is 10.0 Å². The molecule has 0 radical (unpaired) electrons. The van der Waals surface area contributed by atoms with Crippen LogP contribution in [-0.2, 0) is 0 Å². The summed E-state index contributed by atoms with van der Waals surface area (Å²) in [6.45, 7) is 3.66. The molecule has 3 rings (SSSR count). The first-order valence-electron chi connectivity index (χ1n) is 7.17. The van der Waals surface area contributed by atoms with Gasteiger partial charge >= 0.3 is 5.97 Å². The molecule has 0 aliphatic carbocycles. The Morgan fingerprint density at radius 2 is 1.96 bits per heavy atom. The smallest absolute Gasteiger partial charge is 0.337 e. The van der Waals surface area contributed by atoms with Crippen molar-refractivity contribution in [1.82, 2.24) is 9.38 Å². The first-order chi connectivity index (χ1) is 11.4. The van der Waals surface area contributed by atoms with Crippen molar-refractivity contribution < 1.29 is 14.7 Å². The molecule has 0 saturated heterocycles. The topological polar surface area (TPSA) is 83.7 Å². The number of carboxylic acids is 1. The van der Waals surface area contributed by atoms with Gasteiger partial charge in [0, 0.05) is 6.20 Å². The van der Waals surface area contributed by atoms with E-state index in [4.69, 9.17) is 0 Å². The van der Waals surface area contributed by atoms with E-state index in [1.165, 1.54) is 6.07 Å². The molecule has 122 valence electrons. The van der Waals surface area contributed by atoms with Crippen LogP contribution in [0.25, 0.3) is 5.65 Å². The van der Waals surface area contributed by atoms with Gasteiger partial charge in [-0.05, 0) is 53.5 Å². The summed E-state index contributed by atoms with van der Waals surface area (Å²) >= 11 is 3.45. The maximum Gasteiger partial charge on any atom is 0.337 e. The number of amides is 1. The Labute approximate surface area is 146 Å². The van der Waals surface area contributed by atoms with E-state index in [1.807, 2.05) is 19.2 Å². The lowest BCUT2D eigenvalue weighted by molar-refractivity contribution is 0.0698.